The van der Waals surface area contributed by atoms with Crippen molar-refractivity contribution >= 4 is 11.8 Å². The zero-order valence-electron chi connectivity index (χ0n) is 12.6. The normalized spacial score (nSPS) is 24.5. The summed E-state index contributed by atoms with van der Waals surface area (Å²) >= 11 is 2.13. The zero-order chi connectivity index (χ0) is 14.5. The summed E-state index contributed by atoms with van der Waals surface area (Å²) in [5.74, 6) is 1.22. The summed E-state index contributed by atoms with van der Waals surface area (Å²) < 4.78 is 13.2. The average Bonchev–Trinajstić information content (AvgIpc) is 3.00. The number of nitrogens with one attached hydrogen (secondary N) is 1. The number of nitrogens with zero attached hydrogens (tertiary/aromatic N) is 1. The number of piperidine rings is 1. The third kappa shape index (κ3) is 4.70. The SMILES string of the molecule is Fc1cccc(CN2CCC(NC[C@@H]3CCCS3)CC2)c1. The van der Waals surface area contributed by atoms with Gasteiger partial charge in [-0.3, -0.25) is 4.90 Å². The number of benzene rings is 1. The van der Waals surface area contributed by atoms with E-state index in [1.165, 1.54) is 44.0 Å². The van der Waals surface area contributed by atoms with Crippen molar-refractivity contribution in [3.8, 4) is 0 Å². The fourth-order valence-electron chi connectivity index (χ4n) is 3.29. The Hall–Kier alpha value is -0.580. The van der Waals surface area contributed by atoms with Gasteiger partial charge in [0.1, 0.15) is 5.82 Å². The summed E-state index contributed by atoms with van der Waals surface area (Å²) in [7, 11) is 0. The predicted molar refractivity (Wildman–Crippen MR) is 88.2 cm³/mol. The van der Waals surface area contributed by atoms with Gasteiger partial charge in [0.2, 0.25) is 0 Å². The first-order valence-electron chi connectivity index (χ1n) is 8.11. The molecule has 1 atom stereocenters. The molecule has 21 heavy (non-hydrogen) atoms. The van der Waals surface area contributed by atoms with Crippen molar-refractivity contribution in [3.05, 3.63) is 35.6 Å². The minimum absolute atomic E-state index is 0.127. The zero-order valence-corrected chi connectivity index (χ0v) is 13.4. The van der Waals surface area contributed by atoms with Gasteiger partial charge in [-0.05, 0) is 62.2 Å². The molecule has 4 heteroatoms. The second-order valence-corrected chi connectivity index (χ2v) is 7.63. The van der Waals surface area contributed by atoms with Gasteiger partial charge >= 0.3 is 0 Å². The molecule has 2 aliphatic rings. The predicted octanol–water partition coefficient (Wildman–Crippen LogP) is 3.28. The van der Waals surface area contributed by atoms with Gasteiger partial charge in [-0.15, -0.1) is 0 Å². The number of thioether (sulfide) groups is 1. The highest BCUT2D eigenvalue weighted by Crippen LogP contribution is 2.25. The van der Waals surface area contributed by atoms with Gasteiger partial charge in [-0.25, -0.2) is 4.39 Å². The molecule has 2 fully saturated rings. The summed E-state index contributed by atoms with van der Waals surface area (Å²) in [6.07, 6.45) is 5.21. The molecule has 0 bridgehead atoms. The van der Waals surface area contributed by atoms with E-state index in [1.54, 1.807) is 12.1 Å². The smallest absolute Gasteiger partial charge is 0.123 e. The van der Waals surface area contributed by atoms with Gasteiger partial charge in [0.15, 0.2) is 0 Å². The molecule has 2 nitrogen and oxygen atoms in total. The second kappa shape index (κ2) is 7.61. The van der Waals surface area contributed by atoms with Gasteiger partial charge < -0.3 is 5.32 Å². The Morgan fingerprint density at radius 1 is 1.24 bits per heavy atom. The molecule has 0 unspecified atom stereocenters. The summed E-state index contributed by atoms with van der Waals surface area (Å²) in [6.45, 7) is 4.29. The van der Waals surface area contributed by atoms with E-state index in [9.17, 15) is 4.39 Å². The highest BCUT2D eigenvalue weighted by Gasteiger charge is 2.21. The maximum Gasteiger partial charge on any atom is 0.123 e. The molecule has 2 aliphatic heterocycles. The second-order valence-electron chi connectivity index (χ2n) is 6.22. The Labute approximate surface area is 131 Å². The molecule has 3 rings (SSSR count). The third-order valence-corrected chi connectivity index (χ3v) is 5.94. The van der Waals surface area contributed by atoms with Crippen LogP contribution in [0.5, 0.6) is 0 Å². The van der Waals surface area contributed by atoms with Crippen LogP contribution < -0.4 is 5.32 Å². The van der Waals surface area contributed by atoms with E-state index in [4.69, 9.17) is 0 Å². The molecular formula is C17H25FN2S. The van der Waals surface area contributed by atoms with Crippen molar-refractivity contribution in [2.45, 2.75) is 43.5 Å². The Morgan fingerprint density at radius 3 is 2.81 bits per heavy atom. The van der Waals surface area contributed by atoms with Crippen molar-refractivity contribution in [2.75, 3.05) is 25.4 Å². The molecule has 0 radical (unpaired) electrons. The average molecular weight is 308 g/mol. The van der Waals surface area contributed by atoms with Crippen molar-refractivity contribution in [1.82, 2.24) is 10.2 Å². The third-order valence-electron chi connectivity index (χ3n) is 4.54. The van der Waals surface area contributed by atoms with E-state index in [-0.39, 0.29) is 5.82 Å². The molecular weight excluding hydrogens is 283 g/mol. The van der Waals surface area contributed by atoms with Gasteiger partial charge in [0, 0.05) is 24.4 Å². The summed E-state index contributed by atoms with van der Waals surface area (Å²) in [5.41, 5.74) is 1.09. The molecule has 0 spiro atoms. The van der Waals surface area contributed by atoms with Crippen molar-refractivity contribution in [1.29, 1.82) is 0 Å². The highest BCUT2D eigenvalue weighted by molar-refractivity contribution is 8.00. The molecule has 1 aromatic carbocycles. The molecule has 0 amide bonds. The van der Waals surface area contributed by atoms with E-state index in [1.807, 2.05) is 6.07 Å². The lowest BCUT2D eigenvalue weighted by atomic mass is 10.0. The molecule has 0 aliphatic carbocycles. The topological polar surface area (TPSA) is 15.3 Å². The molecule has 0 aromatic heterocycles. The minimum atomic E-state index is -0.127. The van der Waals surface area contributed by atoms with Crippen molar-refractivity contribution in [2.24, 2.45) is 0 Å². The van der Waals surface area contributed by atoms with Crippen LogP contribution in [0.4, 0.5) is 4.39 Å². The summed E-state index contributed by atoms with van der Waals surface area (Å²) in [6, 6.07) is 7.67. The fourth-order valence-corrected chi connectivity index (χ4v) is 4.51. The molecule has 1 N–H and O–H groups in total. The first-order valence-corrected chi connectivity index (χ1v) is 9.16. The van der Waals surface area contributed by atoms with Crippen LogP contribution in [0.15, 0.2) is 24.3 Å². The minimum Gasteiger partial charge on any atom is -0.313 e. The monoisotopic (exact) mass is 308 g/mol. The highest BCUT2D eigenvalue weighted by atomic mass is 32.2. The first-order chi connectivity index (χ1) is 10.3. The van der Waals surface area contributed by atoms with E-state index in [0.29, 0.717) is 6.04 Å². The Bertz CT molecular complexity index is 440. The quantitative estimate of drug-likeness (QED) is 0.899. The molecule has 1 aromatic rings. The van der Waals surface area contributed by atoms with Crippen LogP contribution in [-0.2, 0) is 6.54 Å². The number of likely N-dealkylation sites (tertiary alicyclic amines) is 1. The van der Waals surface area contributed by atoms with E-state index in [0.717, 1.165) is 30.4 Å². The molecule has 2 saturated heterocycles. The van der Waals surface area contributed by atoms with Crippen LogP contribution in [0.25, 0.3) is 0 Å². The van der Waals surface area contributed by atoms with Crippen LogP contribution in [0.3, 0.4) is 0 Å². The summed E-state index contributed by atoms with van der Waals surface area (Å²) in [4.78, 5) is 2.44. The largest absolute Gasteiger partial charge is 0.313 e. The number of hydrogen-bond donors (Lipinski definition) is 1. The van der Waals surface area contributed by atoms with Gasteiger partial charge in [-0.2, -0.15) is 11.8 Å². The Balaban J connectivity index is 1.38. The van der Waals surface area contributed by atoms with Crippen LogP contribution in [0.1, 0.15) is 31.2 Å². The van der Waals surface area contributed by atoms with Crippen LogP contribution in [0, 0.1) is 5.82 Å². The van der Waals surface area contributed by atoms with Gasteiger partial charge in [0.25, 0.3) is 0 Å². The maximum atomic E-state index is 13.2. The first kappa shape index (κ1) is 15.3. The van der Waals surface area contributed by atoms with Gasteiger partial charge in [-0.1, -0.05) is 12.1 Å². The summed E-state index contributed by atoms with van der Waals surface area (Å²) in [5, 5.41) is 4.59. The number of hydrogen-bond acceptors (Lipinski definition) is 3. The lowest BCUT2D eigenvalue weighted by Gasteiger charge is -2.33. The van der Waals surface area contributed by atoms with Crippen LogP contribution in [0.2, 0.25) is 0 Å². The molecule has 116 valence electrons. The van der Waals surface area contributed by atoms with E-state index >= 15 is 0 Å². The number of rotatable bonds is 5. The van der Waals surface area contributed by atoms with Gasteiger partial charge in [0.05, 0.1) is 0 Å². The van der Waals surface area contributed by atoms with Crippen LogP contribution >= 0.6 is 11.8 Å². The Kier molecular flexibility index (Phi) is 5.55. The standard InChI is InChI=1S/C17H25FN2S/c18-15-4-1-3-14(11-15)13-20-8-6-16(7-9-20)19-12-17-5-2-10-21-17/h1,3-4,11,16-17,19H,2,5-10,12-13H2/t17-/m0/s1. The van der Waals surface area contributed by atoms with E-state index in [2.05, 4.69) is 22.0 Å². The van der Waals surface area contributed by atoms with Crippen molar-refractivity contribution < 1.29 is 4.39 Å². The van der Waals surface area contributed by atoms with E-state index < -0.39 is 0 Å². The van der Waals surface area contributed by atoms with Crippen molar-refractivity contribution in [3.63, 3.8) is 0 Å². The lowest BCUT2D eigenvalue weighted by molar-refractivity contribution is 0.190. The molecule has 2 heterocycles. The molecule has 0 saturated carbocycles. The Morgan fingerprint density at radius 2 is 2.10 bits per heavy atom. The number of halogens is 1. The maximum absolute atomic E-state index is 13.2. The van der Waals surface area contributed by atoms with Crippen LogP contribution in [-0.4, -0.2) is 41.6 Å². The lowest BCUT2D eigenvalue weighted by Crippen LogP contribution is -2.43. The fraction of sp³-hybridized carbons (Fsp3) is 0.647.